The Bertz CT molecular complexity index is 638. The van der Waals surface area contributed by atoms with Gasteiger partial charge in [0.25, 0.3) is 0 Å². The Morgan fingerprint density at radius 3 is 2.42 bits per heavy atom. The maximum absolute atomic E-state index is 7.65. The summed E-state index contributed by atoms with van der Waals surface area (Å²) in [5, 5.41) is 7.65. The zero-order chi connectivity index (χ0) is 14.0. The van der Waals surface area contributed by atoms with Crippen LogP contribution < -0.4 is 10.5 Å². The first-order valence-electron chi connectivity index (χ1n) is 5.87. The molecule has 0 aromatic heterocycles. The van der Waals surface area contributed by atoms with Crippen molar-refractivity contribution < 1.29 is 4.74 Å². The highest BCUT2D eigenvalue weighted by molar-refractivity contribution is 9.10. The van der Waals surface area contributed by atoms with Gasteiger partial charge >= 0.3 is 0 Å². The number of hydrogen-bond acceptors (Lipinski definition) is 2. The lowest BCUT2D eigenvalue weighted by Crippen LogP contribution is -2.13. The maximum Gasteiger partial charge on any atom is 0.139 e. The summed E-state index contributed by atoms with van der Waals surface area (Å²) in [5.41, 5.74) is 8.43. The predicted molar refractivity (Wildman–Crippen MR) is 81.1 cm³/mol. The van der Waals surface area contributed by atoms with Crippen molar-refractivity contribution in [2.75, 3.05) is 0 Å². The van der Waals surface area contributed by atoms with Crippen LogP contribution in [0.2, 0.25) is 0 Å². The smallest absolute Gasteiger partial charge is 0.139 e. The van der Waals surface area contributed by atoms with E-state index in [1.165, 1.54) is 0 Å². The number of nitrogens with one attached hydrogen (secondary N) is 1. The predicted octanol–water partition coefficient (Wildman–Crippen LogP) is 4.14. The van der Waals surface area contributed by atoms with E-state index in [0.29, 0.717) is 11.3 Å². The minimum atomic E-state index is -0.0206. The topological polar surface area (TPSA) is 59.1 Å². The van der Waals surface area contributed by atoms with Crippen molar-refractivity contribution in [1.29, 1.82) is 5.41 Å². The zero-order valence-electron chi connectivity index (χ0n) is 10.8. The summed E-state index contributed by atoms with van der Waals surface area (Å²) in [6, 6.07) is 11.4. The highest BCUT2D eigenvalue weighted by atomic mass is 79.9. The van der Waals surface area contributed by atoms with Gasteiger partial charge in [-0.2, -0.15) is 0 Å². The molecule has 0 fully saturated rings. The molecule has 0 atom stereocenters. The molecular formula is C15H15BrN2O. The third kappa shape index (κ3) is 2.79. The van der Waals surface area contributed by atoms with Gasteiger partial charge in [-0.25, -0.2) is 0 Å². The Morgan fingerprint density at radius 2 is 1.74 bits per heavy atom. The summed E-state index contributed by atoms with van der Waals surface area (Å²) in [6.07, 6.45) is 0. The number of nitrogens with two attached hydrogens (primary N) is 1. The van der Waals surface area contributed by atoms with Gasteiger partial charge in [-0.1, -0.05) is 18.2 Å². The molecule has 3 N–H and O–H groups in total. The second-order valence-corrected chi connectivity index (χ2v) is 5.18. The number of aryl methyl sites for hydroxylation is 1. The first kappa shape index (κ1) is 13.6. The first-order chi connectivity index (χ1) is 9.00. The highest BCUT2D eigenvalue weighted by Gasteiger charge is 2.12. The number of halogens is 1. The second-order valence-electron chi connectivity index (χ2n) is 4.33. The fourth-order valence-electron chi connectivity index (χ4n) is 1.80. The average molecular weight is 319 g/mol. The number of ether oxygens (including phenoxy) is 1. The van der Waals surface area contributed by atoms with Crippen LogP contribution in [0.25, 0.3) is 0 Å². The molecule has 0 bridgehead atoms. The molecule has 3 nitrogen and oxygen atoms in total. The van der Waals surface area contributed by atoms with Gasteiger partial charge in [0, 0.05) is 4.47 Å². The number of benzene rings is 2. The van der Waals surface area contributed by atoms with Gasteiger partial charge in [-0.15, -0.1) is 0 Å². The third-order valence-corrected chi connectivity index (χ3v) is 3.68. The van der Waals surface area contributed by atoms with E-state index < -0.39 is 0 Å². The van der Waals surface area contributed by atoms with E-state index in [2.05, 4.69) is 15.9 Å². The van der Waals surface area contributed by atoms with Crippen LogP contribution in [0.3, 0.4) is 0 Å². The standard InChI is InChI=1S/C15H15BrN2O/c1-9-5-3-7-12(10(9)2)19-13-8-4-6-11(16)14(13)15(17)18/h3-8H,1-2H3,(H3,17,18). The lowest BCUT2D eigenvalue weighted by atomic mass is 10.1. The normalized spacial score (nSPS) is 10.3. The summed E-state index contributed by atoms with van der Waals surface area (Å²) < 4.78 is 6.67. The largest absolute Gasteiger partial charge is 0.456 e. The van der Waals surface area contributed by atoms with Gasteiger partial charge in [0.05, 0.1) is 5.56 Å². The van der Waals surface area contributed by atoms with Gasteiger partial charge in [-0.05, 0) is 59.1 Å². The van der Waals surface area contributed by atoms with E-state index in [9.17, 15) is 0 Å². The van der Waals surface area contributed by atoms with Gasteiger partial charge in [-0.3, -0.25) is 5.41 Å². The molecule has 0 aliphatic rings. The molecule has 4 heteroatoms. The monoisotopic (exact) mass is 318 g/mol. The molecule has 0 spiro atoms. The average Bonchev–Trinajstić information content (AvgIpc) is 2.34. The number of nitrogen functional groups attached to an aromatic ring is 1. The van der Waals surface area contributed by atoms with Gasteiger partial charge in [0.15, 0.2) is 0 Å². The van der Waals surface area contributed by atoms with E-state index in [4.69, 9.17) is 15.9 Å². The molecule has 2 aromatic rings. The molecule has 0 aliphatic carbocycles. The van der Waals surface area contributed by atoms with Crippen molar-refractivity contribution in [3.8, 4) is 11.5 Å². The Labute approximate surface area is 121 Å². The summed E-state index contributed by atoms with van der Waals surface area (Å²) in [7, 11) is 0. The lowest BCUT2D eigenvalue weighted by Gasteiger charge is -2.14. The molecule has 0 radical (unpaired) electrons. The van der Waals surface area contributed by atoms with Crippen LogP contribution >= 0.6 is 15.9 Å². The molecule has 0 aliphatic heterocycles. The van der Waals surface area contributed by atoms with E-state index in [-0.39, 0.29) is 5.84 Å². The molecule has 2 rings (SSSR count). The fourth-order valence-corrected chi connectivity index (χ4v) is 2.37. The van der Waals surface area contributed by atoms with E-state index >= 15 is 0 Å². The molecule has 0 saturated carbocycles. The molecule has 2 aromatic carbocycles. The van der Waals surface area contributed by atoms with Crippen LogP contribution in [-0.2, 0) is 0 Å². The van der Waals surface area contributed by atoms with Crippen molar-refractivity contribution in [1.82, 2.24) is 0 Å². The fraction of sp³-hybridized carbons (Fsp3) is 0.133. The van der Waals surface area contributed by atoms with Crippen LogP contribution in [0.1, 0.15) is 16.7 Å². The van der Waals surface area contributed by atoms with Crippen LogP contribution in [0, 0.1) is 19.3 Å². The van der Waals surface area contributed by atoms with Gasteiger partial charge < -0.3 is 10.5 Å². The first-order valence-corrected chi connectivity index (χ1v) is 6.67. The Kier molecular flexibility index (Phi) is 3.90. The summed E-state index contributed by atoms with van der Waals surface area (Å²) in [4.78, 5) is 0. The molecule has 19 heavy (non-hydrogen) atoms. The highest BCUT2D eigenvalue weighted by Crippen LogP contribution is 2.32. The van der Waals surface area contributed by atoms with Gasteiger partial charge in [0.2, 0.25) is 0 Å². The molecular weight excluding hydrogens is 304 g/mol. The number of rotatable bonds is 3. The lowest BCUT2D eigenvalue weighted by molar-refractivity contribution is 0.477. The Balaban J connectivity index is 2.47. The van der Waals surface area contributed by atoms with Crippen LogP contribution in [0.5, 0.6) is 11.5 Å². The maximum atomic E-state index is 7.65. The molecule has 0 saturated heterocycles. The van der Waals surface area contributed by atoms with E-state index in [1.54, 1.807) is 0 Å². The van der Waals surface area contributed by atoms with Gasteiger partial charge in [0.1, 0.15) is 17.3 Å². The molecule has 0 heterocycles. The van der Waals surface area contributed by atoms with Crippen molar-refractivity contribution >= 4 is 21.8 Å². The third-order valence-electron chi connectivity index (χ3n) is 3.02. The number of hydrogen-bond donors (Lipinski definition) is 2. The van der Waals surface area contributed by atoms with Crippen LogP contribution in [0.4, 0.5) is 0 Å². The molecule has 0 amide bonds. The minimum Gasteiger partial charge on any atom is -0.456 e. The summed E-state index contributed by atoms with van der Waals surface area (Å²) in [5.74, 6) is 1.34. The van der Waals surface area contributed by atoms with Crippen LogP contribution in [0.15, 0.2) is 40.9 Å². The van der Waals surface area contributed by atoms with Crippen molar-refractivity contribution in [3.63, 3.8) is 0 Å². The number of amidine groups is 1. The minimum absolute atomic E-state index is 0.0206. The molecule has 0 unspecified atom stereocenters. The summed E-state index contributed by atoms with van der Waals surface area (Å²) in [6.45, 7) is 4.05. The van der Waals surface area contributed by atoms with E-state index in [0.717, 1.165) is 21.3 Å². The SMILES string of the molecule is Cc1cccc(Oc2cccc(Br)c2C(=N)N)c1C. The second kappa shape index (κ2) is 5.45. The van der Waals surface area contributed by atoms with Crippen LogP contribution in [-0.4, -0.2) is 5.84 Å². The Hall–Kier alpha value is -1.81. The quantitative estimate of drug-likeness (QED) is 0.660. The zero-order valence-corrected chi connectivity index (χ0v) is 12.4. The van der Waals surface area contributed by atoms with Crippen molar-refractivity contribution in [2.24, 2.45) is 5.73 Å². The summed E-state index contributed by atoms with van der Waals surface area (Å²) >= 11 is 3.39. The van der Waals surface area contributed by atoms with E-state index in [1.807, 2.05) is 50.2 Å². The van der Waals surface area contributed by atoms with Crippen molar-refractivity contribution in [2.45, 2.75) is 13.8 Å². The Morgan fingerprint density at radius 1 is 1.11 bits per heavy atom. The molecule has 98 valence electrons. The van der Waals surface area contributed by atoms with Crippen molar-refractivity contribution in [3.05, 3.63) is 57.6 Å².